The zero-order chi connectivity index (χ0) is 34.8. The quantitative estimate of drug-likeness (QED) is 0.0231. The van der Waals surface area contributed by atoms with E-state index >= 15 is 0 Å². The number of allylic oxidation sites excluding steroid dienone is 2. The highest BCUT2D eigenvalue weighted by atomic mass is 33.1. The highest BCUT2D eigenvalue weighted by Crippen LogP contribution is 2.40. The Morgan fingerprint density at radius 2 is 0.913 bits per heavy atom. The van der Waals surface area contributed by atoms with Crippen molar-refractivity contribution in [2.45, 2.75) is 105 Å². The van der Waals surface area contributed by atoms with Gasteiger partial charge in [-0.25, -0.2) is 9.13 Å². The van der Waals surface area contributed by atoms with Crippen LogP contribution < -0.4 is 0 Å². The standard InChI is InChI=1S/C28H54N2O10P2S4/c1-5-43-45-27(17-21-39-41(33,34)35)25(3)29(23-31)19-15-13-11-9-7-8-10-12-14-16-20-30(24-32)26(4)28(46-44-6-2)18-22-40-42(36,37)38/h23-24H,5-22H2,1-4H3,(H2,33,34,35)(H2,36,37,38)/b27-25-,28-26-. The number of phosphoric ester groups is 2. The molecule has 0 aliphatic carbocycles. The van der Waals surface area contributed by atoms with E-state index < -0.39 is 15.6 Å². The fourth-order valence-corrected chi connectivity index (χ4v) is 9.01. The van der Waals surface area contributed by atoms with Crippen LogP contribution in [0.5, 0.6) is 0 Å². The summed E-state index contributed by atoms with van der Waals surface area (Å²) in [4.78, 5) is 64.4. The number of carbonyl (C=O) groups excluding carboxylic acids is 2. The summed E-state index contributed by atoms with van der Waals surface area (Å²) in [5.41, 5.74) is 1.58. The molecule has 0 aromatic rings. The van der Waals surface area contributed by atoms with E-state index in [0.29, 0.717) is 25.9 Å². The van der Waals surface area contributed by atoms with E-state index in [1.54, 1.807) is 31.4 Å². The van der Waals surface area contributed by atoms with Gasteiger partial charge < -0.3 is 29.4 Å². The first-order valence-electron chi connectivity index (χ1n) is 15.6. The van der Waals surface area contributed by atoms with Crippen LogP contribution in [0, 0.1) is 0 Å². The molecule has 0 atom stereocenters. The van der Waals surface area contributed by atoms with Gasteiger partial charge in [0.15, 0.2) is 0 Å². The predicted octanol–water partition coefficient (Wildman–Crippen LogP) is 8.07. The van der Waals surface area contributed by atoms with E-state index in [0.717, 1.165) is 110 Å². The minimum absolute atomic E-state index is 0.115. The number of hydrogen-bond acceptors (Lipinski definition) is 10. The Morgan fingerprint density at radius 3 is 1.17 bits per heavy atom. The van der Waals surface area contributed by atoms with Crippen molar-refractivity contribution in [2.24, 2.45) is 0 Å². The van der Waals surface area contributed by atoms with Crippen LogP contribution in [-0.2, 0) is 27.8 Å². The molecule has 270 valence electrons. The molecule has 0 fully saturated rings. The summed E-state index contributed by atoms with van der Waals surface area (Å²) in [5, 5.41) is 0. The van der Waals surface area contributed by atoms with Crippen molar-refractivity contribution < 1.29 is 47.3 Å². The molecule has 0 radical (unpaired) electrons. The molecule has 2 amide bonds. The van der Waals surface area contributed by atoms with Crippen molar-refractivity contribution in [3.8, 4) is 0 Å². The molecule has 0 rings (SSSR count). The molecule has 18 heteroatoms. The average Bonchev–Trinajstić information content (AvgIpc) is 2.99. The fraction of sp³-hybridized carbons (Fsp3) is 0.786. The largest absolute Gasteiger partial charge is 0.469 e. The maximum absolute atomic E-state index is 11.8. The fourth-order valence-electron chi connectivity index (χ4n) is 4.24. The number of phosphoric acid groups is 2. The summed E-state index contributed by atoms with van der Waals surface area (Å²) < 4.78 is 31.2. The first-order chi connectivity index (χ1) is 21.8. The van der Waals surface area contributed by atoms with Crippen LogP contribution in [0.3, 0.4) is 0 Å². The van der Waals surface area contributed by atoms with E-state index in [2.05, 4.69) is 9.05 Å². The number of amides is 2. The molecule has 0 spiro atoms. The normalized spacial score (nSPS) is 13.3. The van der Waals surface area contributed by atoms with Crippen molar-refractivity contribution in [3.05, 3.63) is 21.2 Å². The Kier molecular flexibility index (Phi) is 27.8. The van der Waals surface area contributed by atoms with Crippen LogP contribution in [0.2, 0.25) is 0 Å². The van der Waals surface area contributed by atoms with Crippen molar-refractivity contribution in [3.63, 3.8) is 0 Å². The predicted molar refractivity (Wildman–Crippen MR) is 194 cm³/mol. The molecule has 0 aromatic heterocycles. The molecule has 4 N–H and O–H groups in total. The molecule has 0 unspecified atom stereocenters. The van der Waals surface area contributed by atoms with Crippen molar-refractivity contribution >= 4 is 71.6 Å². The first kappa shape index (κ1) is 46.0. The molecule has 0 aromatic carbocycles. The lowest BCUT2D eigenvalue weighted by molar-refractivity contribution is -0.117. The molecular weight excluding hydrogens is 715 g/mol. The Morgan fingerprint density at radius 1 is 0.609 bits per heavy atom. The Balaban J connectivity index is 4.38. The van der Waals surface area contributed by atoms with Crippen molar-refractivity contribution in [2.75, 3.05) is 37.8 Å². The van der Waals surface area contributed by atoms with Gasteiger partial charge in [0, 0.05) is 58.6 Å². The van der Waals surface area contributed by atoms with Gasteiger partial charge in [0.25, 0.3) is 0 Å². The zero-order valence-corrected chi connectivity index (χ0v) is 32.6. The highest BCUT2D eigenvalue weighted by Gasteiger charge is 2.18. The molecule has 0 heterocycles. The third kappa shape index (κ3) is 25.1. The van der Waals surface area contributed by atoms with Gasteiger partial charge in [0.2, 0.25) is 12.8 Å². The number of hydrogen-bond donors (Lipinski definition) is 4. The van der Waals surface area contributed by atoms with Crippen LogP contribution in [0.25, 0.3) is 0 Å². The summed E-state index contributed by atoms with van der Waals surface area (Å²) in [6.07, 6.45) is 12.8. The second kappa shape index (κ2) is 27.8. The zero-order valence-electron chi connectivity index (χ0n) is 27.5. The lowest BCUT2D eigenvalue weighted by Crippen LogP contribution is -2.22. The van der Waals surface area contributed by atoms with Gasteiger partial charge in [-0.15, -0.1) is 0 Å². The highest BCUT2D eigenvalue weighted by molar-refractivity contribution is 8.78. The van der Waals surface area contributed by atoms with Crippen molar-refractivity contribution in [1.29, 1.82) is 0 Å². The molecule has 0 aliphatic rings. The Labute approximate surface area is 291 Å². The first-order valence-corrected chi connectivity index (χ1v) is 23.3. The third-order valence-electron chi connectivity index (χ3n) is 6.70. The summed E-state index contributed by atoms with van der Waals surface area (Å²) in [6, 6.07) is 0. The van der Waals surface area contributed by atoms with Gasteiger partial charge in [-0.3, -0.25) is 18.6 Å². The second-order valence-electron chi connectivity index (χ2n) is 10.3. The topological polar surface area (TPSA) is 174 Å². The number of nitrogens with zero attached hydrogens (tertiary/aromatic N) is 2. The SMILES string of the molecule is CCSS/C(CCOP(=O)(O)O)=C(/C)N(C=O)CCCCCCCCCCCCN(C=O)/C(C)=C(/CCOP(=O)(O)O)SSCC. The third-order valence-corrected chi connectivity index (χ3v) is 13.2. The van der Waals surface area contributed by atoms with Crippen LogP contribution >= 0.6 is 58.8 Å². The lowest BCUT2D eigenvalue weighted by Gasteiger charge is -2.22. The van der Waals surface area contributed by atoms with Gasteiger partial charge >= 0.3 is 15.6 Å². The van der Waals surface area contributed by atoms with Crippen LogP contribution in [0.4, 0.5) is 0 Å². The Hall–Kier alpha value is 0.0400. The Bertz CT molecular complexity index is 933. The maximum Gasteiger partial charge on any atom is 0.469 e. The summed E-state index contributed by atoms with van der Waals surface area (Å²) in [7, 11) is -2.82. The second-order valence-corrected chi connectivity index (χ2v) is 18.1. The van der Waals surface area contributed by atoms with Gasteiger partial charge in [-0.1, -0.05) is 108 Å². The van der Waals surface area contributed by atoms with E-state index in [-0.39, 0.29) is 13.2 Å². The lowest BCUT2D eigenvalue weighted by atomic mass is 10.1. The van der Waals surface area contributed by atoms with E-state index in [1.165, 1.54) is 21.6 Å². The van der Waals surface area contributed by atoms with Crippen LogP contribution in [0.15, 0.2) is 21.2 Å². The van der Waals surface area contributed by atoms with Gasteiger partial charge in [0.1, 0.15) is 0 Å². The minimum atomic E-state index is -4.53. The summed E-state index contributed by atoms with van der Waals surface area (Å²) in [5.74, 6) is 1.72. The van der Waals surface area contributed by atoms with Crippen LogP contribution in [-0.4, -0.2) is 80.0 Å². The molecular formula is C28H54N2O10P2S4. The van der Waals surface area contributed by atoms with E-state index in [1.807, 2.05) is 27.7 Å². The molecule has 12 nitrogen and oxygen atoms in total. The van der Waals surface area contributed by atoms with Gasteiger partial charge in [0.05, 0.1) is 13.2 Å². The number of rotatable bonds is 31. The molecule has 0 saturated carbocycles. The average molecular weight is 769 g/mol. The number of carbonyl (C=O) groups is 2. The smallest absolute Gasteiger partial charge is 0.318 e. The van der Waals surface area contributed by atoms with Gasteiger partial charge in [-0.2, -0.15) is 0 Å². The van der Waals surface area contributed by atoms with E-state index in [9.17, 15) is 18.7 Å². The molecule has 0 saturated heterocycles. The summed E-state index contributed by atoms with van der Waals surface area (Å²) in [6.45, 7) is 8.71. The molecule has 0 aliphatic heterocycles. The maximum atomic E-state index is 11.8. The summed E-state index contributed by atoms with van der Waals surface area (Å²) >= 11 is 0. The molecule has 46 heavy (non-hydrogen) atoms. The number of unbranched alkanes of at least 4 members (excludes halogenated alkanes) is 9. The van der Waals surface area contributed by atoms with Gasteiger partial charge in [-0.05, 0) is 26.7 Å². The van der Waals surface area contributed by atoms with E-state index in [4.69, 9.17) is 19.6 Å². The van der Waals surface area contributed by atoms with Crippen molar-refractivity contribution in [1.82, 2.24) is 9.80 Å². The monoisotopic (exact) mass is 768 g/mol. The molecule has 0 bridgehead atoms. The minimum Gasteiger partial charge on any atom is -0.318 e. The van der Waals surface area contributed by atoms with Crippen LogP contribution in [0.1, 0.15) is 105 Å².